The molecule has 1 aliphatic heterocycles. The van der Waals surface area contributed by atoms with E-state index in [1.807, 2.05) is 58.9 Å². The molecular formula is C24H29N5O3S. The van der Waals surface area contributed by atoms with E-state index in [1.165, 1.54) is 0 Å². The molecule has 0 bridgehead atoms. The van der Waals surface area contributed by atoms with E-state index in [0.29, 0.717) is 57.1 Å². The molecule has 1 aromatic carbocycles. The number of carbonyl (C=O) groups is 2. The number of ether oxygens (including phenoxy) is 1. The minimum absolute atomic E-state index is 0.00926. The Morgan fingerprint density at radius 1 is 1.09 bits per heavy atom. The molecule has 0 atom stereocenters. The average Bonchev–Trinajstić information content (AvgIpc) is 3.53. The lowest BCUT2D eigenvalue weighted by molar-refractivity contribution is -0.122. The maximum atomic E-state index is 13.5. The highest BCUT2D eigenvalue weighted by molar-refractivity contribution is 7.13. The quantitative estimate of drug-likeness (QED) is 0.489. The van der Waals surface area contributed by atoms with Gasteiger partial charge in [-0.25, -0.2) is 4.68 Å². The number of rotatable bonds is 9. The molecule has 9 heteroatoms. The van der Waals surface area contributed by atoms with E-state index < -0.39 is 0 Å². The maximum absolute atomic E-state index is 13.5. The molecule has 3 heterocycles. The summed E-state index contributed by atoms with van der Waals surface area (Å²) in [6.07, 6.45) is 2.63. The largest absolute Gasteiger partial charge is 0.385 e. The minimum atomic E-state index is -0.0238. The molecule has 2 amide bonds. The van der Waals surface area contributed by atoms with E-state index in [-0.39, 0.29) is 11.8 Å². The van der Waals surface area contributed by atoms with Gasteiger partial charge in [0.25, 0.3) is 5.91 Å². The number of amides is 2. The Kier molecular flexibility index (Phi) is 7.87. The predicted octanol–water partition coefficient (Wildman–Crippen LogP) is 2.51. The number of aromatic nitrogens is 2. The van der Waals surface area contributed by atoms with Crippen molar-refractivity contribution in [2.24, 2.45) is 0 Å². The van der Waals surface area contributed by atoms with Gasteiger partial charge in [0.05, 0.1) is 22.7 Å². The van der Waals surface area contributed by atoms with Crippen LogP contribution in [0.25, 0.3) is 16.3 Å². The monoisotopic (exact) mass is 467 g/mol. The van der Waals surface area contributed by atoms with Gasteiger partial charge < -0.3 is 15.0 Å². The highest BCUT2D eigenvalue weighted by atomic mass is 32.1. The second-order valence-electron chi connectivity index (χ2n) is 7.91. The number of nitrogens with zero attached hydrogens (tertiary/aromatic N) is 4. The first kappa shape index (κ1) is 23.2. The fraction of sp³-hybridized carbons (Fsp3) is 0.375. The van der Waals surface area contributed by atoms with Crippen molar-refractivity contribution in [3.8, 4) is 16.3 Å². The smallest absolute Gasteiger partial charge is 0.257 e. The zero-order chi connectivity index (χ0) is 23.0. The van der Waals surface area contributed by atoms with Crippen molar-refractivity contribution in [1.29, 1.82) is 0 Å². The Morgan fingerprint density at radius 3 is 2.58 bits per heavy atom. The van der Waals surface area contributed by atoms with Crippen LogP contribution in [0.15, 0.2) is 54.0 Å². The molecule has 174 valence electrons. The molecule has 0 spiro atoms. The van der Waals surface area contributed by atoms with E-state index in [4.69, 9.17) is 9.84 Å². The van der Waals surface area contributed by atoms with E-state index >= 15 is 0 Å². The van der Waals surface area contributed by atoms with Gasteiger partial charge >= 0.3 is 0 Å². The van der Waals surface area contributed by atoms with Gasteiger partial charge in [-0.15, -0.1) is 11.3 Å². The van der Waals surface area contributed by atoms with Gasteiger partial charge in [-0.3, -0.25) is 14.5 Å². The summed E-state index contributed by atoms with van der Waals surface area (Å²) < 4.78 is 6.77. The summed E-state index contributed by atoms with van der Waals surface area (Å²) in [4.78, 5) is 30.5. The molecular weight excluding hydrogens is 438 g/mol. The van der Waals surface area contributed by atoms with Crippen LogP contribution in [0.1, 0.15) is 16.8 Å². The summed E-state index contributed by atoms with van der Waals surface area (Å²) >= 11 is 1.57. The van der Waals surface area contributed by atoms with Crippen molar-refractivity contribution in [3.05, 3.63) is 59.6 Å². The van der Waals surface area contributed by atoms with Crippen LogP contribution in [0.3, 0.4) is 0 Å². The van der Waals surface area contributed by atoms with Crippen LogP contribution in [-0.4, -0.2) is 84.4 Å². The second-order valence-corrected chi connectivity index (χ2v) is 8.86. The Bertz CT molecular complexity index is 1040. The summed E-state index contributed by atoms with van der Waals surface area (Å²) in [5, 5.41) is 9.65. The summed E-state index contributed by atoms with van der Waals surface area (Å²) in [5.74, 6) is -0.0146. The topological polar surface area (TPSA) is 79.7 Å². The number of thiophene rings is 1. The lowest BCUT2D eigenvalue weighted by Crippen LogP contribution is -2.51. The van der Waals surface area contributed by atoms with Gasteiger partial charge in [0.1, 0.15) is 5.69 Å². The van der Waals surface area contributed by atoms with Gasteiger partial charge in [0.15, 0.2) is 0 Å². The molecule has 1 N–H and O–H groups in total. The Balaban J connectivity index is 1.40. The SMILES string of the molecule is COCCCNC(=O)CN1CCN(C(=O)c2cn(-c3ccccc3)nc2-c2cccs2)CC1. The lowest BCUT2D eigenvalue weighted by Gasteiger charge is -2.34. The fourth-order valence-corrected chi connectivity index (χ4v) is 4.54. The number of methoxy groups -OCH3 is 1. The Labute approximate surface area is 197 Å². The number of benzene rings is 1. The number of carbonyl (C=O) groups excluding carboxylic acids is 2. The Morgan fingerprint density at radius 2 is 1.88 bits per heavy atom. The number of nitrogens with one attached hydrogen (secondary N) is 1. The van der Waals surface area contributed by atoms with Crippen LogP contribution in [0.2, 0.25) is 0 Å². The third-order valence-electron chi connectivity index (χ3n) is 5.59. The molecule has 8 nitrogen and oxygen atoms in total. The molecule has 2 aromatic heterocycles. The predicted molar refractivity (Wildman–Crippen MR) is 129 cm³/mol. The van der Waals surface area contributed by atoms with Crippen molar-refractivity contribution < 1.29 is 14.3 Å². The van der Waals surface area contributed by atoms with Crippen molar-refractivity contribution in [2.45, 2.75) is 6.42 Å². The molecule has 4 rings (SSSR count). The fourth-order valence-electron chi connectivity index (χ4n) is 3.82. The van der Waals surface area contributed by atoms with E-state index in [9.17, 15) is 9.59 Å². The maximum Gasteiger partial charge on any atom is 0.257 e. The molecule has 33 heavy (non-hydrogen) atoms. The van der Waals surface area contributed by atoms with E-state index in [1.54, 1.807) is 23.1 Å². The van der Waals surface area contributed by atoms with Crippen LogP contribution in [0, 0.1) is 0 Å². The van der Waals surface area contributed by atoms with Crippen molar-refractivity contribution in [1.82, 2.24) is 24.9 Å². The molecule has 1 aliphatic rings. The highest BCUT2D eigenvalue weighted by Gasteiger charge is 2.27. The van der Waals surface area contributed by atoms with E-state index in [2.05, 4.69) is 10.2 Å². The normalized spacial score (nSPS) is 14.4. The van der Waals surface area contributed by atoms with Crippen LogP contribution in [0.4, 0.5) is 0 Å². The molecule has 1 saturated heterocycles. The first-order chi connectivity index (χ1) is 16.2. The van der Waals surface area contributed by atoms with E-state index in [0.717, 1.165) is 17.0 Å². The van der Waals surface area contributed by atoms with Gasteiger partial charge in [0, 0.05) is 52.6 Å². The molecule has 0 aliphatic carbocycles. The van der Waals surface area contributed by atoms with Crippen LogP contribution in [-0.2, 0) is 9.53 Å². The number of para-hydroxylation sites is 1. The summed E-state index contributed by atoms with van der Waals surface area (Å²) in [6.45, 7) is 4.09. The molecule has 1 fully saturated rings. The van der Waals surface area contributed by atoms with Crippen LogP contribution < -0.4 is 5.32 Å². The van der Waals surface area contributed by atoms with Crippen molar-refractivity contribution in [2.75, 3.05) is 53.0 Å². The second kappa shape index (κ2) is 11.2. The summed E-state index contributed by atoms with van der Waals surface area (Å²) in [6, 6.07) is 13.8. The van der Waals surface area contributed by atoms with Crippen LogP contribution in [0.5, 0.6) is 0 Å². The summed E-state index contributed by atoms with van der Waals surface area (Å²) in [5.41, 5.74) is 2.22. The first-order valence-electron chi connectivity index (χ1n) is 11.1. The zero-order valence-electron chi connectivity index (χ0n) is 18.8. The number of piperazine rings is 1. The molecule has 0 radical (unpaired) electrons. The first-order valence-corrected chi connectivity index (χ1v) is 12.0. The van der Waals surface area contributed by atoms with Gasteiger partial charge in [-0.05, 0) is 30.0 Å². The van der Waals surface area contributed by atoms with Gasteiger partial charge in [-0.1, -0.05) is 24.3 Å². The minimum Gasteiger partial charge on any atom is -0.385 e. The lowest BCUT2D eigenvalue weighted by atomic mass is 10.1. The molecule has 0 saturated carbocycles. The summed E-state index contributed by atoms with van der Waals surface area (Å²) in [7, 11) is 1.65. The standard InChI is InChI=1S/C24H29N5O3S/c1-32-15-6-10-25-22(30)18-27-11-13-28(14-12-27)24(31)20-17-29(19-7-3-2-4-8-19)26-23(20)21-9-5-16-33-21/h2-5,7-9,16-17H,6,10-15,18H2,1H3,(H,25,30). The zero-order valence-corrected chi connectivity index (χ0v) is 19.6. The Hall–Kier alpha value is -3.01. The van der Waals surface area contributed by atoms with Crippen molar-refractivity contribution in [3.63, 3.8) is 0 Å². The number of hydrogen-bond acceptors (Lipinski definition) is 6. The van der Waals surface area contributed by atoms with Gasteiger partial charge in [0.2, 0.25) is 5.91 Å². The van der Waals surface area contributed by atoms with Crippen LogP contribution >= 0.6 is 11.3 Å². The highest BCUT2D eigenvalue weighted by Crippen LogP contribution is 2.29. The number of hydrogen-bond donors (Lipinski definition) is 1. The average molecular weight is 468 g/mol. The van der Waals surface area contributed by atoms with Gasteiger partial charge in [-0.2, -0.15) is 5.10 Å². The third kappa shape index (κ3) is 5.87. The molecule has 3 aromatic rings. The molecule has 0 unspecified atom stereocenters. The third-order valence-corrected chi connectivity index (χ3v) is 6.47. The van der Waals surface area contributed by atoms with Crippen molar-refractivity contribution >= 4 is 23.2 Å².